The minimum absolute atomic E-state index is 0.567. The average Bonchev–Trinajstić information content (AvgIpc) is 2.17. The van der Waals surface area contributed by atoms with E-state index in [0.29, 0.717) is 5.41 Å². The molecule has 0 aliphatic heterocycles. The molecule has 2 atom stereocenters. The maximum absolute atomic E-state index is 2.53. The van der Waals surface area contributed by atoms with Crippen molar-refractivity contribution in [2.75, 3.05) is 0 Å². The zero-order valence-electron chi connectivity index (χ0n) is 10.6. The molecule has 0 fully saturated rings. The first kappa shape index (κ1) is 11.0. The minimum Gasteiger partial charge on any atom is -0.0853 e. The minimum atomic E-state index is 0.567. The van der Waals surface area contributed by atoms with Crippen molar-refractivity contribution in [3.8, 4) is 0 Å². The van der Waals surface area contributed by atoms with E-state index in [0.717, 1.165) is 11.8 Å². The second-order valence-corrected chi connectivity index (χ2v) is 6.04. The first-order valence-electron chi connectivity index (χ1n) is 6.38. The van der Waals surface area contributed by atoms with Gasteiger partial charge in [0.1, 0.15) is 0 Å². The monoisotopic (exact) mass is 204 g/mol. The Morgan fingerprint density at radius 2 is 2.07 bits per heavy atom. The smallest absolute Gasteiger partial charge is 0.0112 e. The molecule has 2 unspecified atom stereocenters. The number of hydrogen-bond donors (Lipinski definition) is 0. The second kappa shape index (κ2) is 3.81. The van der Waals surface area contributed by atoms with Crippen LogP contribution in [0.2, 0.25) is 0 Å². The highest BCUT2D eigenvalue weighted by molar-refractivity contribution is 5.23. The van der Waals surface area contributed by atoms with Crippen LogP contribution in [0.15, 0.2) is 23.3 Å². The molecule has 0 N–H and O–H groups in total. The molecule has 0 radical (unpaired) electrons. The van der Waals surface area contributed by atoms with Crippen LogP contribution < -0.4 is 0 Å². The van der Waals surface area contributed by atoms with Crippen molar-refractivity contribution >= 4 is 0 Å². The van der Waals surface area contributed by atoms with Gasteiger partial charge in [-0.05, 0) is 49.9 Å². The van der Waals surface area contributed by atoms with Crippen LogP contribution in [0.1, 0.15) is 53.4 Å². The largest absolute Gasteiger partial charge is 0.0853 e. The first-order valence-corrected chi connectivity index (χ1v) is 6.38. The van der Waals surface area contributed by atoms with Gasteiger partial charge in [0.15, 0.2) is 0 Å². The summed E-state index contributed by atoms with van der Waals surface area (Å²) in [6.45, 7) is 9.49. The van der Waals surface area contributed by atoms with Crippen LogP contribution in [-0.2, 0) is 0 Å². The van der Waals surface area contributed by atoms with E-state index in [1.165, 1.54) is 25.7 Å². The highest BCUT2D eigenvalue weighted by atomic mass is 14.4. The normalized spacial score (nSPS) is 35.9. The molecule has 0 bridgehead atoms. The lowest BCUT2D eigenvalue weighted by molar-refractivity contribution is 0.173. The third kappa shape index (κ3) is 1.91. The third-order valence-electron chi connectivity index (χ3n) is 4.58. The van der Waals surface area contributed by atoms with Gasteiger partial charge in [-0.25, -0.2) is 0 Å². The zero-order chi connectivity index (χ0) is 11.1. The maximum atomic E-state index is 2.53. The highest BCUT2D eigenvalue weighted by Gasteiger charge is 2.39. The van der Waals surface area contributed by atoms with Crippen molar-refractivity contribution in [2.45, 2.75) is 53.4 Å². The predicted molar refractivity (Wildman–Crippen MR) is 66.7 cm³/mol. The Kier molecular flexibility index (Phi) is 2.79. The summed E-state index contributed by atoms with van der Waals surface area (Å²) < 4.78 is 0. The molecule has 0 aromatic rings. The fraction of sp³-hybridized carbons (Fsp3) is 0.733. The van der Waals surface area contributed by atoms with Crippen molar-refractivity contribution in [1.82, 2.24) is 0 Å². The first-order chi connectivity index (χ1) is 7.03. The molecule has 0 nitrogen and oxygen atoms in total. The highest BCUT2D eigenvalue weighted by Crippen LogP contribution is 2.50. The molecule has 2 aliphatic rings. The summed E-state index contributed by atoms with van der Waals surface area (Å²) in [4.78, 5) is 0. The summed E-state index contributed by atoms with van der Waals surface area (Å²) in [7, 11) is 0. The van der Waals surface area contributed by atoms with Crippen molar-refractivity contribution in [3.63, 3.8) is 0 Å². The molecule has 0 saturated heterocycles. The van der Waals surface area contributed by atoms with Crippen molar-refractivity contribution < 1.29 is 0 Å². The Morgan fingerprint density at radius 3 is 2.73 bits per heavy atom. The fourth-order valence-electron chi connectivity index (χ4n) is 3.30. The number of allylic oxidation sites excluding steroid dienone is 4. The molecule has 0 amide bonds. The van der Waals surface area contributed by atoms with Crippen molar-refractivity contribution in [1.29, 1.82) is 0 Å². The Balaban J connectivity index is 2.25. The molecule has 84 valence electrons. The van der Waals surface area contributed by atoms with Gasteiger partial charge in [-0.2, -0.15) is 0 Å². The van der Waals surface area contributed by atoms with E-state index in [1.54, 1.807) is 11.1 Å². The molecule has 2 aliphatic carbocycles. The quantitative estimate of drug-likeness (QED) is 0.542. The van der Waals surface area contributed by atoms with Gasteiger partial charge in [0.25, 0.3) is 0 Å². The Hall–Kier alpha value is -0.520. The van der Waals surface area contributed by atoms with Crippen molar-refractivity contribution in [3.05, 3.63) is 23.3 Å². The third-order valence-corrected chi connectivity index (χ3v) is 4.58. The van der Waals surface area contributed by atoms with Gasteiger partial charge >= 0.3 is 0 Å². The lowest BCUT2D eigenvalue weighted by Gasteiger charge is -2.45. The Morgan fingerprint density at radius 1 is 1.33 bits per heavy atom. The molecule has 0 aromatic heterocycles. The molecule has 2 rings (SSSR count). The fourth-order valence-corrected chi connectivity index (χ4v) is 3.30. The molecule has 0 heteroatoms. The van der Waals surface area contributed by atoms with E-state index in [2.05, 4.69) is 39.8 Å². The van der Waals surface area contributed by atoms with Crippen LogP contribution in [-0.4, -0.2) is 0 Å². The summed E-state index contributed by atoms with van der Waals surface area (Å²) in [6, 6.07) is 0. The number of hydrogen-bond acceptors (Lipinski definition) is 0. The molecule has 0 heterocycles. The van der Waals surface area contributed by atoms with Gasteiger partial charge in [0, 0.05) is 0 Å². The maximum Gasteiger partial charge on any atom is -0.0112 e. The molecular weight excluding hydrogens is 180 g/mol. The summed E-state index contributed by atoms with van der Waals surface area (Å²) in [5.74, 6) is 1.57. The summed E-state index contributed by atoms with van der Waals surface area (Å²) in [5.41, 5.74) is 3.90. The zero-order valence-corrected chi connectivity index (χ0v) is 10.6. The van der Waals surface area contributed by atoms with Crippen molar-refractivity contribution in [2.24, 2.45) is 17.3 Å². The molecule has 0 spiro atoms. The summed E-state index contributed by atoms with van der Waals surface area (Å²) >= 11 is 0. The lowest BCUT2D eigenvalue weighted by Crippen LogP contribution is -2.34. The van der Waals surface area contributed by atoms with Gasteiger partial charge < -0.3 is 0 Å². The topological polar surface area (TPSA) is 0 Å². The number of rotatable bonds is 1. The van der Waals surface area contributed by atoms with Gasteiger partial charge in [-0.3, -0.25) is 0 Å². The van der Waals surface area contributed by atoms with E-state index in [4.69, 9.17) is 0 Å². The van der Waals surface area contributed by atoms with Crippen LogP contribution in [0.3, 0.4) is 0 Å². The Labute approximate surface area is 94.5 Å². The van der Waals surface area contributed by atoms with Crippen LogP contribution in [0.25, 0.3) is 0 Å². The van der Waals surface area contributed by atoms with Gasteiger partial charge in [-0.1, -0.05) is 44.1 Å². The van der Waals surface area contributed by atoms with E-state index in [1.807, 2.05) is 0 Å². The predicted octanol–water partition coefficient (Wildman–Crippen LogP) is 4.73. The van der Waals surface area contributed by atoms with Crippen LogP contribution in [0.5, 0.6) is 0 Å². The van der Waals surface area contributed by atoms with E-state index in [9.17, 15) is 0 Å². The molecule has 15 heavy (non-hydrogen) atoms. The van der Waals surface area contributed by atoms with Gasteiger partial charge in [0.2, 0.25) is 0 Å². The summed E-state index contributed by atoms with van der Waals surface area (Å²) in [6.07, 6.45) is 10.3. The molecular formula is C15H24. The average molecular weight is 204 g/mol. The van der Waals surface area contributed by atoms with Gasteiger partial charge in [-0.15, -0.1) is 0 Å². The number of fused-ring (bicyclic) bond motifs is 1. The van der Waals surface area contributed by atoms with E-state index in [-0.39, 0.29) is 0 Å². The second-order valence-electron chi connectivity index (χ2n) is 6.04. The van der Waals surface area contributed by atoms with Crippen LogP contribution >= 0.6 is 0 Å². The molecule has 0 aromatic carbocycles. The SMILES string of the molecule is CC1=CCCC2(C)CC=C(C(C)C)CC12. The van der Waals surface area contributed by atoms with E-state index < -0.39 is 0 Å². The standard InChI is InChI=1S/C15H24/c1-11(2)13-7-9-15(4)8-5-6-12(3)14(15)10-13/h6-7,11,14H,5,8-10H2,1-4H3. The van der Waals surface area contributed by atoms with Crippen LogP contribution in [0, 0.1) is 17.3 Å². The van der Waals surface area contributed by atoms with E-state index >= 15 is 0 Å². The molecule has 0 saturated carbocycles. The van der Waals surface area contributed by atoms with Crippen LogP contribution in [0.4, 0.5) is 0 Å². The lowest BCUT2D eigenvalue weighted by atomic mass is 9.60. The summed E-state index contributed by atoms with van der Waals surface area (Å²) in [5, 5.41) is 0. The Bertz CT molecular complexity index is 306. The van der Waals surface area contributed by atoms with Gasteiger partial charge in [0.05, 0.1) is 0 Å².